The van der Waals surface area contributed by atoms with Gasteiger partial charge in [0.25, 0.3) is 10.1 Å². The molecule has 0 saturated carbocycles. The number of nitrogens with zero attached hydrogens (tertiary/aromatic N) is 2. The van der Waals surface area contributed by atoms with Gasteiger partial charge in [-0.2, -0.15) is 8.42 Å². The zero-order valence-electron chi connectivity index (χ0n) is 22.2. The molecule has 7 heteroatoms. The maximum absolute atomic E-state index is 12.2. The highest BCUT2D eigenvalue weighted by atomic mass is 32.2. The third kappa shape index (κ3) is 16.6. The first-order valence-corrected chi connectivity index (χ1v) is 15.7. The Hall–Kier alpha value is -0.950. The maximum atomic E-state index is 12.2. The van der Waals surface area contributed by atoms with Crippen molar-refractivity contribution < 1.29 is 22.3 Å². The highest BCUT2D eigenvalue weighted by Gasteiger charge is 2.27. The molecular formula is C27H53N2O4S+. The summed E-state index contributed by atoms with van der Waals surface area (Å²) in [5, 5.41) is 0. The number of likely N-dealkylation sites (N-methyl/N-ethyl adjacent to an activating group) is 1. The lowest BCUT2D eigenvalue weighted by Gasteiger charge is -2.13. The number of carbonyl (C=O) groups is 1. The first kappa shape index (κ1) is 31.1. The Kier molecular flexibility index (Phi) is 17.6. The van der Waals surface area contributed by atoms with Crippen LogP contribution in [-0.4, -0.2) is 66.5 Å². The number of amidine groups is 1. The molecule has 0 saturated heterocycles. The molecule has 1 aliphatic heterocycles. The van der Waals surface area contributed by atoms with E-state index < -0.39 is 10.1 Å². The molecular weight excluding hydrogens is 448 g/mol. The van der Waals surface area contributed by atoms with Crippen LogP contribution in [0.5, 0.6) is 0 Å². The molecule has 1 N–H and O–H groups in total. The zero-order chi connectivity index (χ0) is 25.1. The number of rotatable bonds is 23. The predicted octanol–water partition coefficient (Wildman–Crippen LogP) is 6.23. The summed E-state index contributed by atoms with van der Waals surface area (Å²) in [6.07, 6.45) is 20.9. The number of carbonyl (C=O) groups excluding carboxylic acids is 1. The molecule has 0 fully saturated rings. The minimum Gasteiger partial charge on any atom is -0.300 e. The molecule has 0 radical (unpaired) electrons. The van der Waals surface area contributed by atoms with Crippen molar-refractivity contribution >= 4 is 21.7 Å². The predicted molar refractivity (Wildman–Crippen MR) is 142 cm³/mol. The summed E-state index contributed by atoms with van der Waals surface area (Å²) in [7, 11) is -1.62. The summed E-state index contributed by atoms with van der Waals surface area (Å²) < 4.78 is 32.5. The monoisotopic (exact) mass is 501 g/mol. The maximum Gasteiger partial charge on any atom is 0.264 e. The lowest BCUT2D eigenvalue weighted by Crippen LogP contribution is -2.30. The van der Waals surface area contributed by atoms with Gasteiger partial charge in [-0.15, -0.1) is 0 Å². The molecule has 6 nitrogen and oxygen atoms in total. The van der Waals surface area contributed by atoms with E-state index in [0.717, 1.165) is 71.0 Å². The molecule has 1 aliphatic rings. The number of Topliss-reactive ketones (excluding diaryl/α,β-unsaturated/α-hetero) is 1. The van der Waals surface area contributed by atoms with Crippen molar-refractivity contribution in [3.63, 3.8) is 0 Å². The van der Waals surface area contributed by atoms with E-state index in [1.807, 2.05) is 0 Å². The average molecular weight is 502 g/mol. The van der Waals surface area contributed by atoms with Crippen molar-refractivity contribution in [1.82, 2.24) is 4.90 Å². The van der Waals surface area contributed by atoms with Gasteiger partial charge in [0, 0.05) is 19.3 Å². The molecule has 1 heterocycles. The lowest BCUT2D eigenvalue weighted by atomic mass is 10.0. The van der Waals surface area contributed by atoms with Gasteiger partial charge in [-0.05, 0) is 25.7 Å². The van der Waals surface area contributed by atoms with Crippen molar-refractivity contribution in [2.75, 3.05) is 32.4 Å². The third-order valence-corrected chi connectivity index (χ3v) is 7.81. The molecule has 0 aromatic rings. The Labute approximate surface area is 210 Å². The molecule has 0 amide bonds. The van der Waals surface area contributed by atoms with Gasteiger partial charge in [0.2, 0.25) is 5.84 Å². The summed E-state index contributed by atoms with van der Waals surface area (Å²) in [5.74, 6) is 1.76. The summed E-state index contributed by atoms with van der Waals surface area (Å²) in [4.78, 5) is 14.7. The number of ketones is 1. The Bertz CT molecular complexity index is 676. The van der Waals surface area contributed by atoms with Crippen LogP contribution in [0.2, 0.25) is 0 Å². The van der Waals surface area contributed by atoms with E-state index in [4.69, 9.17) is 4.55 Å². The largest absolute Gasteiger partial charge is 0.300 e. The molecule has 0 atom stereocenters. The van der Waals surface area contributed by atoms with Gasteiger partial charge in [-0.25, -0.2) is 0 Å². The molecule has 0 aliphatic carbocycles. The van der Waals surface area contributed by atoms with E-state index in [-0.39, 0.29) is 5.75 Å². The minimum absolute atomic E-state index is 0.113. The van der Waals surface area contributed by atoms with Crippen LogP contribution in [0.15, 0.2) is 0 Å². The Morgan fingerprint density at radius 3 is 1.97 bits per heavy atom. The van der Waals surface area contributed by atoms with E-state index in [2.05, 4.69) is 23.4 Å². The average Bonchev–Trinajstić information content (AvgIpc) is 3.13. The topological polar surface area (TPSA) is 77.7 Å². The van der Waals surface area contributed by atoms with Crippen molar-refractivity contribution in [2.45, 2.75) is 129 Å². The van der Waals surface area contributed by atoms with Crippen molar-refractivity contribution in [3.05, 3.63) is 0 Å². The molecule has 34 heavy (non-hydrogen) atoms. The van der Waals surface area contributed by atoms with Gasteiger partial charge in [0.05, 0.1) is 19.3 Å². The van der Waals surface area contributed by atoms with Crippen molar-refractivity contribution in [2.24, 2.45) is 0 Å². The molecule has 0 spiro atoms. The van der Waals surface area contributed by atoms with Crippen molar-refractivity contribution in [3.8, 4) is 0 Å². The van der Waals surface area contributed by atoms with Gasteiger partial charge in [0.1, 0.15) is 18.9 Å². The summed E-state index contributed by atoms with van der Waals surface area (Å²) in [6.45, 7) is 5.40. The van der Waals surface area contributed by atoms with Crippen LogP contribution in [0, 0.1) is 0 Å². The fraction of sp³-hybridized carbons (Fsp3) is 0.926. The van der Waals surface area contributed by atoms with Crippen LogP contribution >= 0.6 is 0 Å². The lowest BCUT2D eigenvalue weighted by molar-refractivity contribution is -0.487. The Morgan fingerprint density at radius 2 is 1.35 bits per heavy atom. The van der Waals surface area contributed by atoms with Gasteiger partial charge in [0.15, 0.2) is 0 Å². The van der Waals surface area contributed by atoms with Crippen LogP contribution < -0.4 is 0 Å². The van der Waals surface area contributed by atoms with Gasteiger partial charge in [-0.3, -0.25) is 18.8 Å². The van der Waals surface area contributed by atoms with E-state index in [0.29, 0.717) is 12.2 Å². The Balaban J connectivity index is 2.05. The standard InChI is InChI=1S/C27H52N2O4S/c1-3-4-5-6-7-9-12-15-19-26(30)20-18-22-29-24-23-28(2)27(29)21-16-13-10-8-11-14-17-25-34(31,32)33/h3-25H2,1-2H3/p+1. The molecule has 0 aromatic heterocycles. The quantitative estimate of drug-likeness (QED) is 0.102. The molecule has 1 rings (SSSR count). The van der Waals surface area contributed by atoms with Crippen LogP contribution in [0.1, 0.15) is 129 Å². The first-order chi connectivity index (χ1) is 16.3. The van der Waals surface area contributed by atoms with E-state index in [9.17, 15) is 13.2 Å². The number of hydrogen-bond acceptors (Lipinski definition) is 4. The van der Waals surface area contributed by atoms with E-state index in [1.54, 1.807) is 0 Å². The SMILES string of the molecule is CCCCCCCCCCC(=O)CCCN1CC[N+](C)=C1CCCCCCCCCS(=O)(=O)O. The van der Waals surface area contributed by atoms with Gasteiger partial charge < -0.3 is 0 Å². The second-order valence-corrected chi connectivity index (χ2v) is 11.8. The summed E-state index contributed by atoms with van der Waals surface area (Å²) in [6, 6.07) is 0. The van der Waals surface area contributed by atoms with Gasteiger partial charge >= 0.3 is 0 Å². The van der Waals surface area contributed by atoms with E-state index in [1.165, 1.54) is 70.0 Å². The molecule has 0 bridgehead atoms. The summed E-state index contributed by atoms with van der Waals surface area (Å²) in [5.41, 5.74) is 0. The highest BCUT2D eigenvalue weighted by molar-refractivity contribution is 7.85. The van der Waals surface area contributed by atoms with Crippen LogP contribution in [0.3, 0.4) is 0 Å². The summed E-state index contributed by atoms with van der Waals surface area (Å²) >= 11 is 0. The molecule has 0 unspecified atom stereocenters. The van der Waals surface area contributed by atoms with Crippen LogP contribution in [-0.2, 0) is 14.9 Å². The smallest absolute Gasteiger partial charge is 0.264 e. The highest BCUT2D eigenvalue weighted by Crippen LogP contribution is 2.14. The Morgan fingerprint density at radius 1 is 0.824 bits per heavy atom. The normalized spacial score (nSPS) is 14.4. The third-order valence-electron chi connectivity index (χ3n) is 7.01. The zero-order valence-corrected chi connectivity index (χ0v) is 23.1. The minimum atomic E-state index is -3.80. The second-order valence-electron chi connectivity index (χ2n) is 10.2. The molecule has 0 aromatic carbocycles. The fourth-order valence-electron chi connectivity index (χ4n) is 4.86. The van der Waals surface area contributed by atoms with Crippen molar-refractivity contribution in [1.29, 1.82) is 0 Å². The van der Waals surface area contributed by atoms with Crippen LogP contribution in [0.4, 0.5) is 0 Å². The number of hydrogen-bond donors (Lipinski definition) is 1. The first-order valence-electron chi connectivity index (χ1n) is 14.1. The molecule has 200 valence electrons. The number of unbranched alkanes of at least 4 members (excludes halogenated alkanes) is 13. The second kappa shape index (κ2) is 19.3. The van der Waals surface area contributed by atoms with E-state index >= 15 is 0 Å². The van der Waals surface area contributed by atoms with Crippen LogP contribution in [0.25, 0.3) is 0 Å². The fourth-order valence-corrected chi connectivity index (χ4v) is 5.43. The van der Waals surface area contributed by atoms with Gasteiger partial charge in [-0.1, -0.05) is 84.0 Å².